The summed E-state index contributed by atoms with van der Waals surface area (Å²) >= 11 is 12.0. The fourth-order valence-corrected chi connectivity index (χ4v) is 5.21. The number of hydrogen-bond donors (Lipinski definition) is 0. The van der Waals surface area contributed by atoms with Crippen molar-refractivity contribution in [2.24, 2.45) is 0 Å². The van der Waals surface area contributed by atoms with Crippen LogP contribution in [0.25, 0.3) is 12.2 Å². The Morgan fingerprint density at radius 1 is 0.727 bits per heavy atom. The van der Waals surface area contributed by atoms with Crippen LogP contribution in [0.5, 0.6) is 0 Å². The first kappa shape index (κ1) is 23.5. The number of halogens is 2. The second-order valence-corrected chi connectivity index (χ2v) is 10.7. The maximum Gasteiger partial charge on any atom is 0.243 e. The molecule has 0 radical (unpaired) electrons. The molecule has 0 aromatic heterocycles. The van der Waals surface area contributed by atoms with E-state index in [1.54, 1.807) is 84.9 Å². The van der Waals surface area contributed by atoms with Crippen LogP contribution in [0, 0.1) is 6.92 Å². The highest BCUT2D eigenvalue weighted by molar-refractivity contribution is 7.89. The van der Waals surface area contributed by atoms with Crippen molar-refractivity contribution in [1.82, 2.24) is 4.31 Å². The molecule has 1 saturated heterocycles. The van der Waals surface area contributed by atoms with Crippen LogP contribution in [0.4, 0.5) is 0 Å². The molecule has 0 saturated carbocycles. The lowest BCUT2D eigenvalue weighted by Gasteiger charge is -2.29. The summed E-state index contributed by atoms with van der Waals surface area (Å²) in [6.45, 7) is 1.86. The Morgan fingerprint density at radius 3 is 1.58 bits per heavy atom. The van der Waals surface area contributed by atoms with E-state index in [1.165, 1.54) is 4.31 Å². The highest BCUT2D eigenvalue weighted by Crippen LogP contribution is 2.27. The van der Waals surface area contributed by atoms with E-state index in [9.17, 15) is 13.2 Å². The molecule has 0 spiro atoms. The number of carbonyl (C=O) groups excluding carboxylic acids is 1. The molecule has 0 N–H and O–H groups in total. The Balaban J connectivity index is 1.77. The normalized spacial score (nSPS) is 17.6. The molecule has 3 aromatic rings. The molecule has 1 aliphatic heterocycles. The smallest absolute Gasteiger partial charge is 0.243 e. The lowest BCUT2D eigenvalue weighted by molar-refractivity contribution is -0.113. The van der Waals surface area contributed by atoms with Gasteiger partial charge in [-0.15, -0.1) is 0 Å². The van der Waals surface area contributed by atoms with Gasteiger partial charge in [-0.2, -0.15) is 4.31 Å². The van der Waals surface area contributed by atoms with Crippen molar-refractivity contribution >= 4 is 51.2 Å². The zero-order chi connectivity index (χ0) is 23.6. The van der Waals surface area contributed by atoms with Crippen LogP contribution in [0.1, 0.15) is 16.7 Å². The van der Waals surface area contributed by atoms with Crippen molar-refractivity contribution in [3.05, 3.63) is 111 Å². The number of Topliss-reactive ketones (excluding diaryl/α,β-unsaturated/α-hetero) is 1. The number of ketones is 1. The largest absolute Gasteiger partial charge is 0.289 e. The zero-order valence-corrected chi connectivity index (χ0v) is 20.2. The standard InChI is InChI=1S/C26H21Cl2NO3S/c1-18-2-12-25(13-3-18)33(31,32)29-16-21(14-19-4-8-23(27)9-5-19)26(30)22(17-29)15-20-6-10-24(28)11-7-20/h2-15H,16-17H2,1H3. The molecule has 0 aliphatic carbocycles. The van der Waals surface area contributed by atoms with Gasteiger partial charge in [0.25, 0.3) is 0 Å². The molecule has 7 heteroatoms. The summed E-state index contributed by atoms with van der Waals surface area (Å²) in [5, 5.41) is 1.16. The van der Waals surface area contributed by atoms with E-state index in [0.29, 0.717) is 21.2 Å². The van der Waals surface area contributed by atoms with Gasteiger partial charge in [0.1, 0.15) is 0 Å². The van der Waals surface area contributed by atoms with Crippen LogP contribution in [0.3, 0.4) is 0 Å². The molecule has 3 aromatic carbocycles. The van der Waals surface area contributed by atoms with Crippen molar-refractivity contribution in [1.29, 1.82) is 0 Å². The molecule has 0 bridgehead atoms. The SMILES string of the molecule is Cc1ccc(S(=O)(=O)N2CC(=Cc3ccc(Cl)cc3)C(=O)C(=Cc3ccc(Cl)cc3)C2)cc1. The second kappa shape index (κ2) is 9.65. The van der Waals surface area contributed by atoms with Gasteiger partial charge < -0.3 is 0 Å². The van der Waals surface area contributed by atoms with E-state index in [1.807, 2.05) is 6.92 Å². The fraction of sp³-hybridized carbons (Fsp3) is 0.115. The third kappa shape index (κ3) is 5.45. The van der Waals surface area contributed by atoms with Crippen molar-refractivity contribution in [3.63, 3.8) is 0 Å². The van der Waals surface area contributed by atoms with Crippen molar-refractivity contribution in [2.45, 2.75) is 11.8 Å². The number of sulfonamides is 1. The average molecular weight is 498 g/mol. The number of carbonyl (C=O) groups is 1. The van der Waals surface area contributed by atoms with E-state index in [-0.39, 0.29) is 23.8 Å². The third-order valence-corrected chi connectivity index (χ3v) is 7.67. The number of benzene rings is 3. The predicted molar refractivity (Wildman–Crippen MR) is 134 cm³/mol. The maximum absolute atomic E-state index is 13.4. The summed E-state index contributed by atoms with van der Waals surface area (Å²) in [5.74, 6) is -0.185. The summed E-state index contributed by atoms with van der Waals surface area (Å²) in [6.07, 6.45) is 3.43. The van der Waals surface area contributed by atoms with Crippen LogP contribution in [0.2, 0.25) is 10.0 Å². The minimum Gasteiger partial charge on any atom is -0.289 e. The number of aryl methyl sites for hydroxylation is 1. The van der Waals surface area contributed by atoms with Gasteiger partial charge in [-0.05, 0) is 66.6 Å². The number of piperidine rings is 1. The Bertz CT molecular complexity index is 1270. The maximum atomic E-state index is 13.4. The summed E-state index contributed by atoms with van der Waals surface area (Å²) in [6, 6.07) is 20.8. The molecule has 33 heavy (non-hydrogen) atoms. The van der Waals surface area contributed by atoms with Crippen LogP contribution >= 0.6 is 23.2 Å². The Morgan fingerprint density at radius 2 is 1.15 bits per heavy atom. The van der Waals surface area contributed by atoms with E-state index < -0.39 is 10.0 Å². The van der Waals surface area contributed by atoms with Gasteiger partial charge in [-0.3, -0.25) is 4.79 Å². The lowest BCUT2D eigenvalue weighted by Crippen LogP contribution is -2.41. The lowest BCUT2D eigenvalue weighted by atomic mass is 9.95. The van der Waals surface area contributed by atoms with Crippen molar-refractivity contribution in [3.8, 4) is 0 Å². The molecule has 1 heterocycles. The first-order chi connectivity index (χ1) is 15.7. The highest BCUT2D eigenvalue weighted by atomic mass is 35.5. The third-order valence-electron chi connectivity index (χ3n) is 5.36. The molecule has 4 nitrogen and oxygen atoms in total. The summed E-state index contributed by atoms with van der Waals surface area (Å²) in [5.41, 5.74) is 3.28. The molecule has 1 fully saturated rings. The van der Waals surface area contributed by atoms with Crippen molar-refractivity contribution < 1.29 is 13.2 Å². The highest BCUT2D eigenvalue weighted by Gasteiger charge is 2.34. The van der Waals surface area contributed by atoms with E-state index >= 15 is 0 Å². The number of hydrogen-bond acceptors (Lipinski definition) is 3. The molecule has 4 rings (SSSR count). The summed E-state index contributed by atoms with van der Waals surface area (Å²) in [7, 11) is -3.81. The zero-order valence-electron chi connectivity index (χ0n) is 17.8. The van der Waals surface area contributed by atoms with Gasteiger partial charge in [-0.1, -0.05) is 65.2 Å². The predicted octanol–water partition coefficient (Wildman–Crippen LogP) is 6.04. The van der Waals surface area contributed by atoms with Crippen LogP contribution in [-0.2, 0) is 14.8 Å². The first-order valence-electron chi connectivity index (χ1n) is 10.3. The summed E-state index contributed by atoms with van der Waals surface area (Å²) in [4.78, 5) is 13.5. The monoisotopic (exact) mass is 497 g/mol. The van der Waals surface area contributed by atoms with E-state index in [4.69, 9.17) is 23.2 Å². The van der Waals surface area contributed by atoms with Gasteiger partial charge in [0.2, 0.25) is 10.0 Å². The molecule has 0 amide bonds. The Labute approximate surface area is 203 Å². The molecule has 168 valence electrons. The number of rotatable bonds is 4. The van der Waals surface area contributed by atoms with Gasteiger partial charge in [-0.25, -0.2) is 8.42 Å². The number of nitrogens with zero attached hydrogens (tertiary/aromatic N) is 1. The van der Waals surface area contributed by atoms with E-state index in [0.717, 1.165) is 16.7 Å². The Hall–Kier alpha value is -2.70. The van der Waals surface area contributed by atoms with Gasteiger partial charge in [0, 0.05) is 34.3 Å². The van der Waals surface area contributed by atoms with E-state index in [2.05, 4.69) is 0 Å². The fourth-order valence-electron chi connectivity index (χ4n) is 3.56. The average Bonchev–Trinajstić information content (AvgIpc) is 2.79. The Kier molecular flexibility index (Phi) is 6.86. The quantitative estimate of drug-likeness (QED) is 0.412. The van der Waals surface area contributed by atoms with Gasteiger partial charge in [0.15, 0.2) is 5.78 Å². The molecular weight excluding hydrogens is 477 g/mol. The van der Waals surface area contributed by atoms with Crippen LogP contribution in [-0.4, -0.2) is 31.6 Å². The van der Waals surface area contributed by atoms with Gasteiger partial charge in [0.05, 0.1) is 4.90 Å². The molecular formula is C26H21Cl2NO3S. The summed E-state index contributed by atoms with van der Waals surface area (Å²) < 4.78 is 28.2. The second-order valence-electron chi connectivity index (χ2n) is 7.86. The molecule has 0 unspecified atom stereocenters. The first-order valence-corrected chi connectivity index (χ1v) is 12.5. The van der Waals surface area contributed by atoms with Crippen molar-refractivity contribution in [2.75, 3.05) is 13.1 Å². The molecule has 1 aliphatic rings. The van der Waals surface area contributed by atoms with Crippen LogP contribution in [0.15, 0.2) is 88.8 Å². The minimum atomic E-state index is -3.81. The minimum absolute atomic E-state index is 0.0182. The van der Waals surface area contributed by atoms with Crippen LogP contribution < -0.4 is 0 Å². The topological polar surface area (TPSA) is 54.5 Å². The molecule has 0 atom stereocenters. The van der Waals surface area contributed by atoms with Gasteiger partial charge >= 0.3 is 0 Å².